The average Bonchev–Trinajstić information content (AvgIpc) is 2.94. The van der Waals surface area contributed by atoms with Crippen molar-refractivity contribution in [2.75, 3.05) is 16.2 Å². The standard InChI is InChI=1S/C16H23N3O3S3/c1-5-16(3,4)18-14(20)10-23-15-17-12-8-7-11(9-13(12)24-15)19-25(21,22)6-2/h7-9,19H,5-6,10H2,1-4H3,(H,18,20). The molecule has 0 radical (unpaired) electrons. The van der Waals surface area contributed by atoms with Crippen LogP contribution >= 0.6 is 23.1 Å². The monoisotopic (exact) mass is 401 g/mol. The summed E-state index contributed by atoms with van der Waals surface area (Å²) < 4.78 is 27.5. The Morgan fingerprint density at radius 3 is 2.68 bits per heavy atom. The highest BCUT2D eigenvalue weighted by molar-refractivity contribution is 8.01. The number of hydrogen-bond acceptors (Lipinski definition) is 6. The van der Waals surface area contributed by atoms with E-state index in [2.05, 4.69) is 15.0 Å². The first kappa shape index (κ1) is 20.0. The molecule has 138 valence electrons. The largest absolute Gasteiger partial charge is 0.351 e. The van der Waals surface area contributed by atoms with Gasteiger partial charge in [-0.15, -0.1) is 11.3 Å². The van der Waals surface area contributed by atoms with Gasteiger partial charge in [0.15, 0.2) is 4.34 Å². The molecule has 1 amide bonds. The van der Waals surface area contributed by atoms with E-state index in [1.165, 1.54) is 23.1 Å². The Hall–Kier alpha value is -1.32. The zero-order chi connectivity index (χ0) is 18.7. The molecule has 2 aromatic rings. The second kappa shape index (κ2) is 7.92. The molecule has 0 bridgehead atoms. The van der Waals surface area contributed by atoms with Gasteiger partial charge in [0.25, 0.3) is 0 Å². The van der Waals surface area contributed by atoms with Crippen molar-refractivity contribution in [2.45, 2.75) is 44.0 Å². The van der Waals surface area contributed by atoms with E-state index >= 15 is 0 Å². The fourth-order valence-electron chi connectivity index (χ4n) is 1.91. The van der Waals surface area contributed by atoms with E-state index in [1.807, 2.05) is 20.8 Å². The van der Waals surface area contributed by atoms with Gasteiger partial charge in [0.05, 0.1) is 27.4 Å². The van der Waals surface area contributed by atoms with Crippen molar-refractivity contribution >= 4 is 54.9 Å². The maximum atomic E-state index is 12.0. The number of amides is 1. The van der Waals surface area contributed by atoms with Crippen molar-refractivity contribution in [3.63, 3.8) is 0 Å². The summed E-state index contributed by atoms with van der Waals surface area (Å²) in [7, 11) is -3.30. The van der Waals surface area contributed by atoms with E-state index in [0.717, 1.165) is 21.0 Å². The molecule has 1 aromatic heterocycles. The summed E-state index contributed by atoms with van der Waals surface area (Å²) in [6, 6.07) is 5.24. The second-order valence-corrected chi connectivity index (χ2v) is 10.5. The lowest BCUT2D eigenvalue weighted by Gasteiger charge is -2.24. The predicted molar refractivity (Wildman–Crippen MR) is 106 cm³/mol. The van der Waals surface area contributed by atoms with Crippen LogP contribution in [0, 0.1) is 0 Å². The fraction of sp³-hybridized carbons (Fsp3) is 0.500. The number of fused-ring (bicyclic) bond motifs is 1. The summed E-state index contributed by atoms with van der Waals surface area (Å²) in [6.07, 6.45) is 0.862. The summed E-state index contributed by atoms with van der Waals surface area (Å²) >= 11 is 2.83. The molecule has 0 saturated heterocycles. The first-order valence-electron chi connectivity index (χ1n) is 7.99. The lowest BCUT2D eigenvalue weighted by Crippen LogP contribution is -2.43. The number of anilines is 1. The van der Waals surface area contributed by atoms with E-state index in [9.17, 15) is 13.2 Å². The molecule has 0 saturated carbocycles. The van der Waals surface area contributed by atoms with Crippen LogP contribution in [0.3, 0.4) is 0 Å². The molecule has 2 N–H and O–H groups in total. The fourth-order valence-corrected chi connectivity index (χ4v) is 4.45. The third-order valence-electron chi connectivity index (χ3n) is 3.71. The topological polar surface area (TPSA) is 88.2 Å². The minimum atomic E-state index is -3.30. The zero-order valence-corrected chi connectivity index (χ0v) is 17.2. The number of carbonyl (C=O) groups excluding carboxylic acids is 1. The van der Waals surface area contributed by atoms with Crippen LogP contribution in [0.1, 0.15) is 34.1 Å². The first-order valence-corrected chi connectivity index (χ1v) is 11.4. The van der Waals surface area contributed by atoms with Gasteiger partial charge in [0.1, 0.15) is 0 Å². The zero-order valence-electron chi connectivity index (χ0n) is 14.8. The summed E-state index contributed by atoms with van der Waals surface area (Å²) in [5.74, 6) is 0.309. The molecular weight excluding hydrogens is 378 g/mol. The third kappa shape index (κ3) is 5.86. The minimum Gasteiger partial charge on any atom is -0.351 e. The van der Waals surface area contributed by atoms with Gasteiger partial charge in [-0.3, -0.25) is 9.52 Å². The molecule has 0 aliphatic rings. The van der Waals surface area contributed by atoms with Gasteiger partial charge in [0.2, 0.25) is 15.9 Å². The van der Waals surface area contributed by atoms with Crippen LogP contribution in [-0.2, 0) is 14.8 Å². The van der Waals surface area contributed by atoms with E-state index in [-0.39, 0.29) is 17.2 Å². The number of benzene rings is 1. The van der Waals surface area contributed by atoms with E-state index in [1.54, 1.807) is 25.1 Å². The van der Waals surface area contributed by atoms with E-state index < -0.39 is 10.0 Å². The number of nitrogens with zero attached hydrogens (tertiary/aromatic N) is 1. The molecule has 2 rings (SSSR count). The maximum absolute atomic E-state index is 12.0. The van der Waals surface area contributed by atoms with Crippen LogP contribution in [0.25, 0.3) is 10.2 Å². The van der Waals surface area contributed by atoms with E-state index in [0.29, 0.717) is 11.4 Å². The number of hydrogen-bond donors (Lipinski definition) is 2. The third-order valence-corrected chi connectivity index (χ3v) is 7.18. The Morgan fingerprint density at radius 2 is 2.04 bits per heavy atom. The maximum Gasteiger partial charge on any atom is 0.232 e. The predicted octanol–water partition coefficient (Wildman–Crippen LogP) is 3.45. The van der Waals surface area contributed by atoms with Crippen molar-refractivity contribution in [3.8, 4) is 0 Å². The van der Waals surface area contributed by atoms with Gasteiger partial charge in [-0.1, -0.05) is 18.7 Å². The van der Waals surface area contributed by atoms with Crippen LogP contribution < -0.4 is 10.0 Å². The Kier molecular flexibility index (Phi) is 6.34. The lowest BCUT2D eigenvalue weighted by atomic mass is 10.0. The summed E-state index contributed by atoms with van der Waals surface area (Å²) in [6.45, 7) is 7.61. The normalized spacial score (nSPS) is 12.3. The Bertz CT molecular complexity index is 860. The molecule has 25 heavy (non-hydrogen) atoms. The molecular formula is C16H23N3O3S3. The SMILES string of the molecule is CCC(C)(C)NC(=O)CSc1nc2ccc(NS(=O)(=O)CC)cc2s1. The average molecular weight is 402 g/mol. The van der Waals surface area contributed by atoms with E-state index in [4.69, 9.17) is 0 Å². The van der Waals surface area contributed by atoms with Crippen LogP contribution in [0.5, 0.6) is 0 Å². The molecule has 0 atom stereocenters. The highest BCUT2D eigenvalue weighted by Gasteiger charge is 2.18. The summed E-state index contributed by atoms with van der Waals surface area (Å²) in [4.78, 5) is 16.5. The lowest BCUT2D eigenvalue weighted by molar-refractivity contribution is -0.120. The molecule has 0 aliphatic carbocycles. The smallest absolute Gasteiger partial charge is 0.232 e. The van der Waals surface area contributed by atoms with Crippen molar-refractivity contribution in [1.29, 1.82) is 0 Å². The highest BCUT2D eigenvalue weighted by Crippen LogP contribution is 2.31. The molecule has 0 unspecified atom stereocenters. The van der Waals surface area contributed by atoms with Crippen LogP contribution in [0.2, 0.25) is 0 Å². The van der Waals surface area contributed by atoms with Crippen molar-refractivity contribution in [1.82, 2.24) is 10.3 Å². The molecule has 6 nitrogen and oxygen atoms in total. The molecule has 1 aromatic carbocycles. The number of thioether (sulfide) groups is 1. The molecule has 0 spiro atoms. The van der Waals surface area contributed by atoms with Gasteiger partial charge < -0.3 is 5.32 Å². The second-order valence-electron chi connectivity index (χ2n) is 6.24. The van der Waals surface area contributed by atoms with Gasteiger partial charge in [0, 0.05) is 5.54 Å². The number of carbonyl (C=O) groups is 1. The van der Waals surface area contributed by atoms with Gasteiger partial charge in [-0.25, -0.2) is 13.4 Å². The van der Waals surface area contributed by atoms with Gasteiger partial charge in [-0.05, 0) is 45.4 Å². The van der Waals surface area contributed by atoms with Crippen LogP contribution in [0.15, 0.2) is 22.5 Å². The van der Waals surface area contributed by atoms with Crippen molar-refractivity contribution in [2.24, 2.45) is 0 Å². The Morgan fingerprint density at radius 1 is 1.32 bits per heavy atom. The first-order chi connectivity index (χ1) is 11.6. The highest BCUT2D eigenvalue weighted by atomic mass is 32.2. The number of nitrogens with one attached hydrogen (secondary N) is 2. The molecule has 0 fully saturated rings. The Labute approximate surface area is 156 Å². The van der Waals surface area contributed by atoms with Crippen molar-refractivity contribution in [3.05, 3.63) is 18.2 Å². The van der Waals surface area contributed by atoms with Crippen LogP contribution in [-0.4, -0.2) is 36.4 Å². The number of sulfonamides is 1. The Balaban J connectivity index is 2.05. The number of aromatic nitrogens is 1. The molecule has 0 aliphatic heterocycles. The quantitative estimate of drug-likeness (QED) is 0.662. The summed E-state index contributed by atoms with van der Waals surface area (Å²) in [5.41, 5.74) is 1.11. The molecule has 9 heteroatoms. The minimum absolute atomic E-state index is 0.0208. The number of rotatable bonds is 8. The van der Waals surface area contributed by atoms with Gasteiger partial charge in [-0.2, -0.15) is 0 Å². The summed E-state index contributed by atoms with van der Waals surface area (Å²) in [5, 5.41) is 2.99. The van der Waals surface area contributed by atoms with Crippen LogP contribution in [0.4, 0.5) is 5.69 Å². The molecule has 1 heterocycles. The van der Waals surface area contributed by atoms with Gasteiger partial charge >= 0.3 is 0 Å². The van der Waals surface area contributed by atoms with Crippen molar-refractivity contribution < 1.29 is 13.2 Å². The number of thiazole rings is 1.